The number of carbonyl (C=O) groups is 2. The van der Waals surface area contributed by atoms with Crippen LogP contribution in [0.2, 0.25) is 0 Å². The number of hydrogen-bond acceptors (Lipinski definition) is 3. The molecule has 0 spiro atoms. The fourth-order valence-electron chi connectivity index (χ4n) is 4.79. The lowest BCUT2D eigenvalue weighted by Crippen LogP contribution is -2.52. The number of amides is 2. The highest BCUT2D eigenvalue weighted by atomic mass is 16.5. The third kappa shape index (κ3) is 7.58. The molecule has 0 saturated heterocycles. The van der Waals surface area contributed by atoms with E-state index in [1.165, 1.54) is 6.42 Å². The van der Waals surface area contributed by atoms with Crippen LogP contribution in [-0.2, 0) is 21.5 Å². The molecule has 5 nitrogen and oxygen atoms in total. The fraction of sp³-hybridized carbons (Fsp3) is 0.533. The van der Waals surface area contributed by atoms with Crippen LogP contribution < -0.4 is 10.1 Å². The summed E-state index contributed by atoms with van der Waals surface area (Å²) in [5.41, 5.74) is 3.12. The number of carbonyl (C=O) groups excluding carboxylic acids is 2. The summed E-state index contributed by atoms with van der Waals surface area (Å²) < 4.78 is 6.06. The zero-order valence-corrected chi connectivity index (χ0v) is 22.1. The number of para-hydroxylation sites is 1. The molecule has 1 aliphatic rings. The number of aryl methyl sites for hydroxylation is 1. The van der Waals surface area contributed by atoms with Gasteiger partial charge in [0.2, 0.25) is 5.91 Å². The van der Waals surface area contributed by atoms with E-state index >= 15 is 0 Å². The highest BCUT2D eigenvalue weighted by Gasteiger charge is 2.31. The van der Waals surface area contributed by atoms with Gasteiger partial charge in [0, 0.05) is 12.6 Å². The normalized spacial score (nSPS) is 15.3. The van der Waals surface area contributed by atoms with Gasteiger partial charge in [-0.25, -0.2) is 0 Å². The van der Waals surface area contributed by atoms with Gasteiger partial charge in [0.25, 0.3) is 5.91 Å². The monoisotopic (exact) mass is 478 g/mol. The van der Waals surface area contributed by atoms with Crippen molar-refractivity contribution in [1.29, 1.82) is 0 Å². The quantitative estimate of drug-likeness (QED) is 0.486. The minimum absolute atomic E-state index is 0.0602. The highest BCUT2D eigenvalue weighted by Crippen LogP contribution is 2.31. The van der Waals surface area contributed by atoms with Gasteiger partial charge < -0.3 is 15.0 Å². The lowest BCUT2D eigenvalue weighted by atomic mass is 9.86. The van der Waals surface area contributed by atoms with Crippen LogP contribution in [0.15, 0.2) is 48.5 Å². The minimum Gasteiger partial charge on any atom is -0.483 e. The van der Waals surface area contributed by atoms with Gasteiger partial charge in [0.1, 0.15) is 11.8 Å². The van der Waals surface area contributed by atoms with Gasteiger partial charge in [-0.3, -0.25) is 9.59 Å². The standard InChI is InChI=1S/C30H42N2O3/c1-6-26(29(34)31-24-12-8-7-9-13-24)32(20-23-18-16-22(2)17-19-23)28(33)21-35-27-15-11-10-14-25(27)30(3,4)5/h10-11,14-19,24,26H,6-9,12-13,20-21H2,1-5H3,(H,31,34). The van der Waals surface area contributed by atoms with E-state index in [0.29, 0.717) is 18.7 Å². The van der Waals surface area contributed by atoms with Crippen molar-refractivity contribution in [2.75, 3.05) is 6.61 Å². The Hall–Kier alpha value is -2.82. The molecule has 190 valence electrons. The molecule has 3 rings (SSSR count). The highest BCUT2D eigenvalue weighted by molar-refractivity contribution is 5.88. The third-order valence-electron chi connectivity index (χ3n) is 6.86. The Bertz CT molecular complexity index is 972. The smallest absolute Gasteiger partial charge is 0.261 e. The molecule has 1 aliphatic carbocycles. The van der Waals surface area contributed by atoms with E-state index in [9.17, 15) is 9.59 Å². The van der Waals surface area contributed by atoms with E-state index in [4.69, 9.17) is 4.74 Å². The first kappa shape index (κ1) is 26.8. The molecule has 0 aromatic heterocycles. The van der Waals surface area contributed by atoms with Crippen LogP contribution in [0.5, 0.6) is 5.75 Å². The average molecular weight is 479 g/mol. The Morgan fingerprint density at radius 2 is 1.69 bits per heavy atom. The van der Waals surface area contributed by atoms with Gasteiger partial charge in [-0.15, -0.1) is 0 Å². The van der Waals surface area contributed by atoms with Crippen LogP contribution in [0.3, 0.4) is 0 Å². The maximum Gasteiger partial charge on any atom is 0.261 e. The van der Waals surface area contributed by atoms with Crippen molar-refractivity contribution < 1.29 is 14.3 Å². The van der Waals surface area contributed by atoms with E-state index in [-0.39, 0.29) is 29.9 Å². The molecule has 1 atom stereocenters. The summed E-state index contributed by atoms with van der Waals surface area (Å²) in [4.78, 5) is 28.6. The summed E-state index contributed by atoms with van der Waals surface area (Å²) in [6.45, 7) is 10.7. The lowest BCUT2D eigenvalue weighted by Gasteiger charge is -2.33. The van der Waals surface area contributed by atoms with Gasteiger partial charge in [-0.2, -0.15) is 0 Å². The van der Waals surface area contributed by atoms with Gasteiger partial charge in [0.15, 0.2) is 6.61 Å². The van der Waals surface area contributed by atoms with Crippen LogP contribution in [-0.4, -0.2) is 35.4 Å². The number of nitrogens with one attached hydrogen (secondary N) is 1. The summed E-state index contributed by atoms with van der Waals surface area (Å²) in [5, 5.41) is 3.23. The molecule has 35 heavy (non-hydrogen) atoms. The minimum atomic E-state index is -0.535. The van der Waals surface area contributed by atoms with Crippen molar-refractivity contribution in [3.8, 4) is 5.75 Å². The van der Waals surface area contributed by atoms with Crippen molar-refractivity contribution in [1.82, 2.24) is 10.2 Å². The number of rotatable bonds is 9. The Kier molecular flexibility index (Phi) is 9.36. The Morgan fingerprint density at radius 1 is 1.03 bits per heavy atom. The summed E-state index contributed by atoms with van der Waals surface area (Å²) in [6, 6.07) is 15.7. The van der Waals surface area contributed by atoms with Gasteiger partial charge in [0.05, 0.1) is 0 Å². The van der Waals surface area contributed by atoms with Crippen LogP contribution in [0.4, 0.5) is 0 Å². The summed E-state index contributed by atoms with van der Waals surface area (Å²) in [5.74, 6) is 0.471. The van der Waals surface area contributed by atoms with Crippen LogP contribution in [0.25, 0.3) is 0 Å². The molecule has 2 aromatic carbocycles. The van der Waals surface area contributed by atoms with E-state index < -0.39 is 6.04 Å². The molecule has 2 aromatic rings. The molecule has 1 N–H and O–H groups in total. The van der Waals surface area contributed by atoms with Crippen LogP contribution in [0.1, 0.15) is 82.9 Å². The first-order chi connectivity index (χ1) is 16.7. The molecule has 1 unspecified atom stereocenters. The van der Waals surface area contributed by atoms with E-state index in [0.717, 1.165) is 42.4 Å². The summed E-state index contributed by atoms with van der Waals surface area (Å²) in [7, 11) is 0. The van der Waals surface area contributed by atoms with E-state index in [2.05, 4.69) is 26.1 Å². The van der Waals surface area contributed by atoms with Crippen molar-refractivity contribution in [3.05, 3.63) is 65.2 Å². The zero-order valence-electron chi connectivity index (χ0n) is 22.1. The van der Waals surface area contributed by atoms with Crippen LogP contribution in [0, 0.1) is 6.92 Å². The van der Waals surface area contributed by atoms with E-state index in [1.54, 1.807) is 4.90 Å². The predicted molar refractivity (Wildman–Crippen MR) is 141 cm³/mol. The summed E-state index contributed by atoms with van der Waals surface area (Å²) >= 11 is 0. The molecule has 0 radical (unpaired) electrons. The van der Waals surface area contributed by atoms with Crippen molar-refractivity contribution >= 4 is 11.8 Å². The molecule has 0 aliphatic heterocycles. The average Bonchev–Trinajstić information content (AvgIpc) is 2.84. The molecular weight excluding hydrogens is 436 g/mol. The van der Waals surface area contributed by atoms with Crippen LogP contribution >= 0.6 is 0 Å². The predicted octanol–water partition coefficient (Wildman–Crippen LogP) is 5.93. The Balaban J connectivity index is 1.79. The number of benzene rings is 2. The first-order valence-electron chi connectivity index (χ1n) is 13.1. The second-order valence-electron chi connectivity index (χ2n) is 10.8. The molecule has 2 amide bonds. The second kappa shape index (κ2) is 12.2. The maximum absolute atomic E-state index is 13.6. The second-order valence-corrected chi connectivity index (χ2v) is 10.8. The largest absolute Gasteiger partial charge is 0.483 e. The molecular formula is C30H42N2O3. The van der Waals surface area contributed by atoms with Crippen molar-refractivity contribution in [2.45, 2.75) is 97.2 Å². The zero-order chi connectivity index (χ0) is 25.4. The SMILES string of the molecule is CCC(C(=O)NC1CCCCC1)N(Cc1ccc(C)cc1)C(=O)COc1ccccc1C(C)(C)C. The van der Waals surface area contributed by atoms with E-state index in [1.807, 2.05) is 62.4 Å². The number of hydrogen-bond donors (Lipinski definition) is 1. The van der Waals surface area contributed by atoms with Gasteiger partial charge in [-0.1, -0.05) is 95.0 Å². The molecule has 0 bridgehead atoms. The van der Waals surface area contributed by atoms with Gasteiger partial charge in [-0.05, 0) is 48.8 Å². The fourth-order valence-corrected chi connectivity index (χ4v) is 4.79. The third-order valence-corrected chi connectivity index (χ3v) is 6.86. The van der Waals surface area contributed by atoms with Gasteiger partial charge >= 0.3 is 0 Å². The topological polar surface area (TPSA) is 58.6 Å². The Morgan fingerprint density at radius 3 is 2.31 bits per heavy atom. The number of nitrogens with zero attached hydrogens (tertiary/aromatic N) is 1. The molecule has 1 saturated carbocycles. The van der Waals surface area contributed by atoms with Crippen molar-refractivity contribution in [2.24, 2.45) is 0 Å². The maximum atomic E-state index is 13.6. The molecule has 1 fully saturated rings. The Labute approximate surface area is 211 Å². The van der Waals surface area contributed by atoms with Crippen molar-refractivity contribution in [3.63, 3.8) is 0 Å². The molecule has 0 heterocycles. The number of ether oxygens (including phenoxy) is 1. The first-order valence-corrected chi connectivity index (χ1v) is 13.1. The molecule has 5 heteroatoms. The lowest BCUT2D eigenvalue weighted by molar-refractivity contribution is -0.143. The summed E-state index contributed by atoms with van der Waals surface area (Å²) in [6.07, 6.45) is 6.11.